The van der Waals surface area contributed by atoms with Gasteiger partial charge in [0.1, 0.15) is 11.5 Å². The summed E-state index contributed by atoms with van der Waals surface area (Å²) >= 11 is 1.85. The predicted octanol–water partition coefficient (Wildman–Crippen LogP) is 12.0. The third-order valence-corrected chi connectivity index (χ3v) is 10.9. The van der Waals surface area contributed by atoms with Gasteiger partial charge in [0.2, 0.25) is 0 Å². The molecule has 2 nitrogen and oxygen atoms in total. The van der Waals surface area contributed by atoms with Crippen LogP contribution in [0.1, 0.15) is 22.3 Å². The Bertz CT molecular complexity index is 2430. The van der Waals surface area contributed by atoms with Crippen molar-refractivity contribution in [2.45, 2.75) is 5.41 Å². The second-order valence-corrected chi connectivity index (χ2v) is 13.2. The lowest BCUT2D eigenvalue weighted by atomic mass is 9.66. The number of benzene rings is 7. The van der Waals surface area contributed by atoms with Gasteiger partial charge in [-0.1, -0.05) is 109 Å². The number of fused-ring (bicyclic) bond motifs is 12. The summed E-state index contributed by atoms with van der Waals surface area (Å²) in [6.07, 6.45) is 0. The first-order valence-electron chi connectivity index (χ1n) is 15.7. The standard InChI is InChI=1S/C43H27NOS/c1-2-12-28(13-3-1)44(30-22-24-34-33-16-6-11-21-41(33)46-42(34)27-30)29-23-25-40-38(26-29)43(37-19-9-10-20-39(37)45-40)35-17-7-4-14-31(35)32-15-5-8-18-36(32)43/h1-27H. The molecule has 1 aromatic heterocycles. The highest BCUT2D eigenvalue weighted by Crippen LogP contribution is 2.62. The molecule has 8 aromatic rings. The second-order valence-electron chi connectivity index (χ2n) is 12.1. The largest absolute Gasteiger partial charge is 0.457 e. The molecule has 216 valence electrons. The number of hydrogen-bond acceptors (Lipinski definition) is 3. The van der Waals surface area contributed by atoms with E-state index in [-0.39, 0.29) is 0 Å². The molecule has 0 amide bonds. The molecule has 1 aliphatic carbocycles. The van der Waals surface area contributed by atoms with Gasteiger partial charge in [-0.05, 0) is 76.9 Å². The molecule has 46 heavy (non-hydrogen) atoms. The van der Waals surface area contributed by atoms with E-state index in [2.05, 4.69) is 169 Å². The third-order valence-electron chi connectivity index (χ3n) is 9.72. The van der Waals surface area contributed by atoms with Crippen LogP contribution in [0, 0.1) is 0 Å². The maximum absolute atomic E-state index is 6.71. The minimum atomic E-state index is -0.509. The molecular weight excluding hydrogens is 579 g/mol. The highest BCUT2D eigenvalue weighted by molar-refractivity contribution is 7.25. The van der Waals surface area contributed by atoms with Crippen LogP contribution in [-0.4, -0.2) is 0 Å². The Balaban J connectivity index is 1.25. The summed E-state index contributed by atoms with van der Waals surface area (Å²) in [7, 11) is 0. The molecule has 0 atom stereocenters. The van der Waals surface area contributed by atoms with E-state index in [1.165, 1.54) is 48.0 Å². The normalized spacial score (nSPS) is 13.6. The van der Waals surface area contributed by atoms with Crippen LogP contribution in [0.4, 0.5) is 17.1 Å². The summed E-state index contributed by atoms with van der Waals surface area (Å²) in [6.45, 7) is 0. The van der Waals surface area contributed by atoms with Gasteiger partial charge in [-0.2, -0.15) is 0 Å². The molecule has 0 unspecified atom stereocenters. The Hall–Kier alpha value is -5.64. The topological polar surface area (TPSA) is 12.5 Å². The molecule has 7 aromatic carbocycles. The van der Waals surface area contributed by atoms with Gasteiger partial charge in [-0.25, -0.2) is 0 Å². The van der Waals surface area contributed by atoms with Crippen LogP contribution in [-0.2, 0) is 5.41 Å². The molecule has 0 radical (unpaired) electrons. The van der Waals surface area contributed by atoms with Crippen LogP contribution in [0.3, 0.4) is 0 Å². The van der Waals surface area contributed by atoms with Crippen LogP contribution in [0.5, 0.6) is 11.5 Å². The van der Waals surface area contributed by atoms with E-state index in [1.54, 1.807) is 0 Å². The highest BCUT2D eigenvalue weighted by Gasteiger charge is 2.51. The molecule has 2 heterocycles. The van der Waals surface area contributed by atoms with Gasteiger partial charge in [0, 0.05) is 48.4 Å². The van der Waals surface area contributed by atoms with Crippen molar-refractivity contribution in [2.75, 3.05) is 4.90 Å². The lowest BCUT2D eigenvalue weighted by molar-refractivity contribution is 0.436. The molecule has 0 bridgehead atoms. The number of rotatable bonds is 3. The maximum Gasteiger partial charge on any atom is 0.132 e. The average Bonchev–Trinajstić information content (AvgIpc) is 3.63. The molecule has 2 aliphatic rings. The first-order valence-corrected chi connectivity index (χ1v) is 16.5. The Morgan fingerprint density at radius 2 is 1.00 bits per heavy atom. The number of thiophene rings is 1. The van der Waals surface area contributed by atoms with Crippen LogP contribution in [0.25, 0.3) is 31.3 Å². The van der Waals surface area contributed by atoms with Gasteiger partial charge < -0.3 is 9.64 Å². The van der Waals surface area contributed by atoms with Crippen LogP contribution >= 0.6 is 11.3 Å². The fourth-order valence-corrected chi connectivity index (χ4v) is 9.00. The van der Waals surface area contributed by atoms with Crippen molar-refractivity contribution in [3.8, 4) is 22.6 Å². The molecule has 10 rings (SSSR count). The van der Waals surface area contributed by atoms with Gasteiger partial charge in [0.15, 0.2) is 0 Å². The Morgan fingerprint density at radius 3 is 1.80 bits per heavy atom. The van der Waals surface area contributed by atoms with Crippen LogP contribution in [0.2, 0.25) is 0 Å². The van der Waals surface area contributed by atoms with Crippen molar-refractivity contribution < 1.29 is 4.74 Å². The molecular formula is C43H27NOS. The molecule has 0 fully saturated rings. The van der Waals surface area contributed by atoms with Gasteiger partial charge >= 0.3 is 0 Å². The molecule has 1 spiro atoms. The number of ether oxygens (including phenoxy) is 1. The zero-order chi connectivity index (χ0) is 30.2. The Labute approximate surface area is 271 Å². The second kappa shape index (κ2) is 9.68. The number of anilines is 3. The Kier molecular flexibility index (Phi) is 5.40. The lowest BCUT2D eigenvalue weighted by Crippen LogP contribution is -2.32. The van der Waals surface area contributed by atoms with Gasteiger partial charge in [-0.15, -0.1) is 11.3 Å². The minimum absolute atomic E-state index is 0.509. The third kappa shape index (κ3) is 3.46. The first-order chi connectivity index (χ1) is 22.8. The lowest BCUT2D eigenvalue weighted by Gasteiger charge is -2.40. The van der Waals surface area contributed by atoms with Crippen molar-refractivity contribution in [3.63, 3.8) is 0 Å². The zero-order valence-corrected chi connectivity index (χ0v) is 25.7. The zero-order valence-electron chi connectivity index (χ0n) is 24.9. The molecule has 0 N–H and O–H groups in total. The van der Waals surface area contributed by atoms with E-state index < -0.39 is 5.41 Å². The van der Waals surface area contributed by atoms with Crippen molar-refractivity contribution in [1.82, 2.24) is 0 Å². The van der Waals surface area contributed by atoms with E-state index >= 15 is 0 Å². The number of hydrogen-bond donors (Lipinski definition) is 0. The van der Waals surface area contributed by atoms with E-state index in [4.69, 9.17) is 4.74 Å². The van der Waals surface area contributed by atoms with Crippen molar-refractivity contribution in [3.05, 3.63) is 186 Å². The summed E-state index contributed by atoms with van der Waals surface area (Å²) < 4.78 is 9.31. The van der Waals surface area contributed by atoms with Gasteiger partial charge in [0.25, 0.3) is 0 Å². The fraction of sp³-hybridized carbons (Fsp3) is 0.0233. The van der Waals surface area contributed by atoms with Crippen LogP contribution < -0.4 is 9.64 Å². The molecule has 1 aliphatic heterocycles. The van der Waals surface area contributed by atoms with Crippen molar-refractivity contribution in [1.29, 1.82) is 0 Å². The Morgan fingerprint density at radius 1 is 0.413 bits per heavy atom. The van der Waals surface area contributed by atoms with E-state index in [9.17, 15) is 0 Å². The van der Waals surface area contributed by atoms with E-state index in [0.717, 1.165) is 34.1 Å². The molecule has 0 saturated carbocycles. The van der Waals surface area contributed by atoms with Crippen molar-refractivity contribution >= 4 is 48.6 Å². The summed E-state index contributed by atoms with van der Waals surface area (Å²) in [5.41, 5.74) is 10.3. The molecule has 3 heteroatoms. The van der Waals surface area contributed by atoms with E-state index in [0.29, 0.717) is 0 Å². The van der Waals surface area contributed by atoms with Crippen molar-refractivity contribution in [2.24, 2.45) is 0 Å². The number of para-hydroxylation sites is 2. The summed E-state index contributed by atoms with van der Waals surface area (Å²) in [4.78, 5) is 2.38. The van der Waals surface area contributed by atoms with Crippen LogP contribution in [0.15, 0.2) is 164 Å². The summed E-state index contributed by atoms with van der Waals surface area (Å²) in [6, 6.07) is 59.3. The maximum atomic E-state index is 6.71. The van der Waals surface area contributed by atoms with Gasteiger partial charge in [0.05, 0.1) is 5.41 Å². The van der Waals surface area contributed by atoms with E-state index in [1.807, 2.05) is 11.3 Å². The number of nitrogens with zero attached hydrogens (tertiary/aromatic N) is 1. The monoisotopic (exact) mass is 605 g/mol. The fourth-order valence-electron chi connectivity index (χ4n) is 7.86. The average molecular weight is 606 g/mol. The smallest absolute Gasteiger partial charge is 0.132 e. The summed E-state index contributed by atoms with van der Waals surface area (Å²) in [5.74, 6) is 1.80. The quantitative estimate of drug-likeness (QED) is 0.199. The first kappa shape index (κ1) is 25.7. The predicted molar refractivity (Wildman–Crippen MR) is 191 cm³/mol. The SMILES string of the molecule is c1ccc(N(c2ccc3c(c2)C2(c4ccccc4O3)c3ccccc3-c3ccccc32)c2ccc3c(c2)sc2ccccc23)cc1. The summed E-state index contributed by atoms with van der Waals surface area (Å²) in [5, 5.41) is 2.61. The van der Waals surface area contributed by atoms with Gasteiger partial charge in [-0.3, -0.25) is 0 Å². The highest BCUT2D eigenvalue weighted by atomic mass is 32.1. The minimum Gasteiger partial charge on any atom is -0.457 e. The molecule has 0 saturated heterocycles.